The molecule has 0 radical (unpaired) electrons. The molecule has 1 aliphatic rings. The molecule has 0 saturated heterocycles. The van der Waals surface area contributed by atoms with Gasteiger partial charge in [0.15, 0.2) is 5.84 Å². The summed E-state index contributed by atoms with van der Waals surface area (Å²) < 4.78 is 5.21. The van der Waals surface area contributed by atoms with E-state index in [1.165, 1.54) is 6.42 Å². The number of ether oxygens (including phenoxy) is 1. The number of nitrogens with two attached hydrogens (primary N) is 1. The number of hydrogen-bond donors (Lipinski definition) is 2. The highest BCUT2D eigenvalue weighted by molar-refractivity contribution is 5.80. The third kappa shape index (κ3) is 1.88. The van der Waals surface area contributed by atoms with Gasteiger partial charge in [-0.25, -0.2) is 0 Å². The highest BCUT2D eigenvalue weighted by Crippen LogP contribution is 2.21. The van der Waals surface area contributed by atoms with Crippen molar-refractivity contribution in [3.8, 4) is 0 Å². The second-order valence-corrected chi connectivity index (χ2v) is 2.46. The fraction of sp³-hybridized carbons (Fsp3) is 0.833. The summed E-state index contributed by atoms with van der Waals surface area (Å²) >= 11 is 0. The van der Waals surface area contributed by atoms with Crippen LogP contribution in [0.4, 0.5) is 0 Å². The molecular formula is C6H12N2O2. The molecule has 1 saturated carbocycles. The van der Waals surface area contributed by atoms with Crippen LogP contribution in [0.15, 0.2) is 5.16 Å². The predicted molar refractivity (Wildman–Crippen MR) is 37.0 cm³/mol. The molecule has 0 unspecified atom stereocenters. The SMILES string of the molecule is N/C(COC1CCC1)=N/O. The molecular weight excluding hydrogens is 132 g/mol. The molecule has 0 atom stereocenters. The Morgan fingerprint density at radius 3 is 2.80 bits per heavy atom. The lowest BCUT2D eigenvalue weighted by Gasteiger charge is -2.24. The lowest BCUT2D eigenvalue weighted by Crippen LogP contribution is -2.28. The molecule has 0 aromatic carbocycles. The van der Waals surface area contributed by atoms with E-state index in [1.54, 1.807) is 0 Å². The van der Waals surface area contributed by atoms with E-state index in [2.05, 4.69) is 5.16 Å². The van der Waals surface area contributed by atoms with Crippen molar-refractivity contribution >= 4 is 5.84 Å². The number of oxime groups is 1. The van der Waals surface area contributed by atoms with E-state index in [4.69, 9.17) is 15.7 Å². The Kier molecular flexibility index (Phi) is 2.50. The van der Waals surface area contributed by atoms with E-state index < -0.39 is 0 Å². The summed E-state index contributed by atoms with van der Waals surface area (Å²) in [6, 6.07) is 0. The van der Waals surface area contributed by atoms with Crippen molar-refractivity contribution in [2.45, 2.75) is 25.4 Å². The van der Waals surface area contributed by atoms with Crippen LogP contribution >= 0.6 is 0 Å². The minimum Gasteiger partial charge on any atom is -0.409 e. The molecule has 4 heteroatoms. The molecule has 0 heterocycles. The summed E-state index contributed by atoms with van der Waals surface area (Å²) in [5.74, 6) is 0.145. The predicted octanol–water partition coefficient (Wildman–Crippen LogP) is 0.302. The monoisotopic (exact) mass is 144 g/mol. The smallest absolute Gasteiger partial charge is 0.165 e. The van der Waals surface area contributed by atoms with E-state index in [-0.39, 0.29) is 12.4 Å². The molecule has 0 aliphatic heterocycles. The summed E-state index contributed by atoms with van der Waals surface area (Å²) in [7, 11) is 0. The summed E-state index contributed by atoms with van der Waals surface area (Å²) in [5, 5.41) is 10.9. The van der Waals surface area contributed by atoms with Crippen molar-refractivity contribution in [2.24, 2.45) is 10.9 Å². The van der Waals surface area contributed by atoms with E-state index in [9.17, 15) is 0 Å². The van der Waals surface area contributed by atoms with Gasteiger partial charge in [0.1, 0.15) is 6.61 Å². The first kappa shape index (κ1) is 7.34. The van der Waals surface area contributed by atoms with E-state index >= 15 is 0 Å². The standard InChI is InChI=1S/C6H12N2O2/c7-6(8-9)4-10-5-2-1-3-5/h5,9H,1-4H2,(H2,7,8). The van der Waals surface area contributed by atoms with Gasteiger partial charge in [-0.05, 0) is 19.3 Å². The van der Waals surface area contributed by atoms with Gasteiger partial charge in [-0.2, -0.15) is 0 Å². The Morgan fingerprint density at radius 1 is 1.70 bits per heavy atom. The minimum absolute atomic E-state index is 0.145. The Balaban J connectivity index is 2.04. The fourth-order valence-corrected chi connectivity index (χ4v) is 0.770. The molecule has 1 fully saturated rings. The van der Waals surface area contributed by atoms with E-state index in [1.807, 2.05) is 0 Å². The van der Waals surface area contributed by atoms with Gasteiger partial charge in [-0.3, -0.25) is 0 Å². The van der Waals surface area contributed by atoms with Gasteiger partial charge < -0.3 is 15.7 Å². The summed E-state index contributed by atoms with van der Waals surface area (Å²) in [5.41, 5.74) is 5.18. The van der Waals surface area contributed by atoms with Crippen molar-refractivity contribution in [3.05, 3.63) is 0 Å². The molecule has 0 aromatic heterocycles. The topological polar surface area (TPSA) is 67.8 Å². The van der Waals surface area contributed by atoms with Crippen molar-refractivity contribution < 1.29 is 9.94 Å². The van der Waals surface area contributed by atoms with Gasteiger partial charge in [0, 0.05) is 0 Å². The molecule has 1 rings (SSSR count). The van der Waals surface area contributed by atoms with E-state index in [0.717, 1.165) is 12.8 Å². The zero-order chi connectivity index (χ0) is 7.40. The molecule has 3 N–H and O–H groups in total. The third-order valence-electron chi connectivity index (χ3n) is 1.65. The van der Waals surface area contributed by atoms with Crippen molar-refractivity contribution in [2.75, 3.05) is 6.61 Å². The van der Waals surface area contributed by atoms with Gasteiger partial charge in [0.25, 0.3) is 0 Å². The van der Waals surface area contributed by atoms with Crippen LogP contribution in [0.2, 0.25) is 0 Å². The number of rotatable bonds is 3. The summed E-state index contributed by atoms with van der Waals surface area (Å²) in [6.45, 7) is 0.251. The van der Waals surface area contributed by atoms with Crippen LogP contribution in [-0.2, 0) is 4.74 Å². The summed E-state index contributed by atoms with van der Waals surface area (Å²) in [4.78, 5) is 0. The van der Waals surface area contributed by atoms with Gasteiger partial charge in [-0.15, -0.1) is 0 Å². The average Bonchev–Trinajstić information content (AvgIpc) is 1.84. The van der Waals surface area contributed by atoms with Crippen molar-refractivity contribution in [1.29, 1.82) is 0 Å². The van der Waals surface area contributed by atoms with Gasteiger partial charge >= 0.3 is 0 Å². The van der Waals surface area contributed by atoms with Crippen molar-refractivity contribution in [3.63, 3.8) is 0 Å². The first-order valence-corrected chi connectivity index (χ1v) is 3.41. The first-order valence-electron chi connectivity index (χ1n) is 3.41. The normalized spacial score (nSPS) is 20.6. The Bertz CT molecular complexity index is 132. The maximum absolute atomic E-state index is 8.12. The molecule has 1 aliphatic carbocycles. The largest absolute Gasteiger partial charge is 0.409 e. The second-order valence-electron chi connectivity index (χ2n) is 2.46. The lowest BCUT2D eigenvalue weighted by molar-refractivity contribution is 0.0234. The highest BCUT2D eigenvalue weighted by Gasteiger charge is 2.17. The molecule has 58 valence electrons. The van der Waals surface area contributed by atoms with Gasteiger partial charge in [0.2, 0.25) is 0 Å². The molecule has 0 amide bonds. The minimum atomic E-state index is 0.145. The average molecular weight is 144 g/mol. The highest BCUT2D eigenvalue weighted by atomic mass is 16.5. The number of nitrogens with zero attached hydrogens (tertiary/aromatic N) is 1. The number of hydrogen-bond acceptors (Lipinski definition) is 3. The summed E-state index contributed by atoms with van der Waals surface area (Å²) in [6.07, 6.45) is 3.80. The first-order chi connectivity index (χ1) is 4.83. The third-order valence-corrected chi connectivity index (χ3v) is 1.65. The Labute approximate surface area is 59.7 Å². The van der Waals surface area contributed by atoms with Gasteiger partial charge in [0.05, 0.1) is 6.10 Å². The maximum Gasteiger partial charge on any atom is 0.165 e. The van der Waals surface area contributed by atoms with Crippen LogP contribution in [0.25, 0.3) is 0 Å². The van der Waals surface area contributed by atoms with Crippen LogP contribution in [-0.4, -0.2) is 23.8 Å². The zero-order valence-electron chi connectivity index (χ0n) is 5.79. The van der Waals surface area contributed by atoms with Crippen LogP contribution in [0.5, 0.6) is 0 Å². The lowest BCUT2D eigenvalue weighted by atomic mass is 9.96. The van der Waals surface area contributed by atoms with Crippen LogP contribution in [0, 0.1) is 0 Å². The molecule has 0 spiro atoms. The Morgan fingerprint density at radius 2 is 2.40 bits per heavy atom. The van der Waals surface area contributed by atoms with Crippen LogP contribution in [0.1, 0.15) is 19.3 Å². The van der Waals surface area contributed by atoms with Crippen LogP contribution < -0.4 is 5.73 Å². The van der Waals surface area contributed by atoms with Crippen LogP contribution in [0.3, 0.4) is 0 Å². The molecule has 10 heavy (non-hydrogen) atoms. The van der Waals surface area contributed by atoms with E-state index in [0.29, 0.717) is 6.10 Å². The Hall–Kier alpha value is -0.770. The van der Waals surface area contributed by atoms with Gasteiger partial charge in [-0.1, -0.05) is 5.16 Å². The van der Waals surface area contributed by atoms with Crippen molar-refractivity contribution in [1.82, 2.24) is 0 Å². The quantitative estimate of drug-likeness (QED) is 0.259. The molecule has 0 aromatic rings. The maximum atomic E-state index is 8.12. The molecule has 0 bridgehead atoms. The second kappa shape index (κ2) is 3.41. The zero-order valence-corrected chi connectivity index (χ0v) is 5.79. The molecule has 4 nitrogen and oxygen atoms in total. The number of amidine groups is 1. The fourth-order valence-electron chi connectivity index (χ4n) is 0.770.